The number of hydrogen-bond donors (Lipinski definition) is 1. The normalized spacial score (nSPS) is 11.9. The molecule has 2 aromatic rings. The fraction of sp³-hybridized carbons (Fsp3) is 0.368. The van der Waals surface area contributed by atoms with Gasteiger partial charge >= 0.3 is 5.97 Å². The summed E-state index contributed by atoms with van der Waals surface area (Å²) in [6, 6.07) is 10.9. The maximum Gasteiger partial charge on any atom is 0.305 e. The van der Waals surface area contributed by atoms with E-state index in [-0.39, 0.29) is 23.6 Å². The molecule has 0 aliphatic rings. The first-order chi connectivity index (χ1) is 11.5. The van der Waals surface area contributed by atoms with Gasteiger partial charge in [-0.05, 0) is 18.9 Å². The van der Waals surface area contributed by atoms with Crippen LogP contribution in [0.1, 0.15) is 43.5 Å². The number of ether oxygens (including phenoxy) is 1. The molecule has 0 saturated carbocycles. The van der Waals surface area contributed by atoms with Crippen molar-refractivity contribution in [2.75, 3.05) is 0 Å². The molecule has 0 aliphatic carbocycles. The highest BCUT2D eigenvalue weighted by Gasteiger charge is 2.18. The lowest BCUT2D eigenvalue weighted by atomic mass is 10.1. The molecule has 0 saturated heterocycles. The van der Waals surface area contributed by atoms with Gasteiger partial charge in [0.2, 0.25) is 5.43 Å². The summed E-state index contributed by atoms with van der Waals surface area (Å²) in [5, 5.41) is 9.13. The summed E-state index contributed by atoms with van der Waals surface area (Å²) in [5.41, 5.74) is 1.45. The van der Waals surface area contributed by atoms with Crippen molar-refractivity contribution >= 4 is 5.97 Å². The molecule has 1 aromatic carbocycles. The van der Waals surface area contributed by atoms with E-state index in [0.29, 0.717) is 12.3 Å². The average molecular weight is 329 g/mol. The number of rotatable bonds is 8. The van der Waals surface area contributed by atoms with E-state index in [1.165, 1.54) is 6.07 Å². The predicted molar refractivity (Wildman–Crippen MR) is 92.4 cm³/mol. The van der Waals surface area contributed by atoms with Crippen LogP contribution < -0.4 is 10.2 Å². The van der Waals surface area contributed by atoms with Gasteiger partial charge in [-0.15, -0.1) is 0 Å². The lowest BCUT2D eigenvalue weighted by molar-refractivity contribution is -0.138. The molecule has 24 heavy (non-hydrogen) atoms. The van der Waals surface area contributed by atoms with E-state index in [4.69, 9.17) is 9.84 Å². The molecule has 0 fully saturated rings. The van der Waals surface area contributed by atoms with E-state index in [0.717, 1.165) is 18.4 Å². The summed E-state index contributed by atoms with van der Waals surface area (Å²) in [7, 11) is 0. The van der Waals surface area contributed by atoms with Gasteiger partial charge in [0.15, 0.2) is 5.75 Å². The Morgan fingerprint density at radius 1 is 1.25 bits per heavy atom. The van der Waals surface area contributed by atoms with Gasteiger partial charge in [-0.25, -0.2) is 0 Å². The molecule has 1 heterocycles. The van der Waals surface area contributed by atoms with Crippen LogP contribution in [0.25, 0.3) is 0 Å². The van der Waals surface area contributed by atoms with Gasteiger partial charge in [-0.2, -0.15) is 0 Å². The van der Waals surface area contributed by atoms with Crippen LogP contribution in [0.15, 0.2) is 47.4 Å². The summed E-state index contributed by atoms with van der Waals surface area (Å²) < 4.78 is 7.59. The predicted octanol–water partition coefficient (Wildman–Crippen LogP) is 3.55. The minimum absolute atomic E-state index is 0.0235. The van der Waals surface area contributed by atoms with E-state index in [1.807, 2.05) is 41.8 Å². The molecular weight excluding hydrogens is 306 g/mol. The number of aliphatic carboxylic acids is 1. The van der Waals surface area contributed by atoms with Crippen LogP contribution in [0, 0.1) is 6.92 Å². The van der Waals surface area contributed by atoms with Crippen LogP contribution in [-0.2, 0) is 11.4 Å². The van der Waals surface area contributed by atoms with Crippen LogP contribution in [0.5, 0.6) is 5.75 Å². The van der Waals surface area contributed by atoms with Crippen LogP contribution >= 0.6 is 0 Å². The maximum absolute atomic E-state index is 12.2. The Morgan fingerprint density at radius 3 is 2.58 bits per heavy atom. The smallest absolute Gasteiger partial charge is 0.305 e. The molecule has 1 unspecified atom stereocenters. The standard InChI is InChI=1S/C19H23NO4/c1-3-7-16(12-18(22)23)20-11-10-17(21)19(14(20)2)24-13-15-8-5-4-6-9-15/h4-6,8-11,16H,3,7,12-13H2,1-2H3,(H,22,23). The summed E-state index contributed by atoms with van der Waals surface area (Å²) in [4.78, 5) is 23.3. The molecule has 0 aliphatic heterocycles. The first-order valence-electron chi connectivity index (χ1n) is 8.13. The summed E-state index contributed by atoms with van der Waals surface area (Å²) >= 11 is 0. The first-order valence-corrected chi connectivity index (χ1v) is 8.13. The third-order valence-electron chi connectivity index (χ3n) is 3.98. The van der Waals surface area contributed by atoms with Gasteiger partial charge in [0.05, 0.1) is 12.1 Å². The van der Waals surface area contributed by atoms with E-state index >= 15 is 0 Å². The summed E-state index contributed by atoms with van der Waals surface area (Å²) in [6.07, 6.45) is 3.28. The molecule has 0 bridgehead atoms. The monoisotopic (exact) mass is 329 g/mol. The molecule has 2 rings (SSSR count). The van der Waals surface area contributed by atoms with E-state index in [2.05, 4.69) is 0 Å². The van der Waals surface area contributed by atoms with Crippen molar-refractivity contribution < 1.29 is 14.6 Å². The second-order valence-corrected chi connectivity index (χ2v) is 5.82. The van der Waals surface area contributed by atoms with Crippen molar-refractivity contribution in [1.29, 1.82) is 0 Å². The van der Waals surface area contributed by atoms with Gasteiger partial charge in [0.1, 0.15) is 6.61 Å². The largest absolute Gasteiger partial charge is 0.483 e. The molecule has 1 N–H and O–H groups in total. The minimum Gasteiger partial charge on any atom is -0.483 e. The van der Waals surface area contributed by atoms with Crippen LogP contribution in [0.3, 0.4) is 0 Å². The number of carboxylic acid groups (broad SMARTS) is 1. The first kappa shape index (κ1) is 17.8. The Labute approximate surface area is 141 Å². The van der Waals surface area contributed by atoms with Crippen molar-refractivity contribution in [2.45, 2.75) is 45.8 Å². The number of nitrogens with zero attached hydrogens (tertiary/aromatic N) is 1. The van der Waals surface area contributed by atoms with Crippen molar-refractivity contribution in [1.82, 2.24) is 4.57 Å². The summed E-state index contributed by atoms with van der Waals surface area (Å²) in [5.74, 6) is -0.564. The van der Waals surface area contributed by atoms with Gasteiger partial charge < -0.3 is 14.4 Å². The van der Waals surface area contributed by atoms with Gasteiger partial charge in [0.25, 0.3) is 0 Å². The highest BCUT2D eigenvalue weighted by molar-refractivity contribution is 5.67. The van der Waals surface area contributed by atoms with Gasteiger partial charge in [-0.3, -0.25) is 9.59 Å². The van der Waals surface area contributed by atoms with Crippen molar-refractivity contribution in [3.05, 3.63) is 64.1 Å². The molecule has 5 nitrogen and oxygen atoms in total. The zero-order valence-electron chi connectivity index (χ0n) is 14.1. The number of pyridine rings is 1. The molecule has 0 spiro atoms. The third-order valence-corrected chi connectivity index (χ3v) is 3.98. The Bertz CT molecular complexity index is 737. The summed E-state index contributed by atoms with van der Waals surface area (Å²) in [6.45, 7) is 4.12. The Hall–Kier alpha value is -2.56. The van der Waals surface area contributed by atoms with Crippen molar-refractivity contribution in [2.24, 2.45) is 0 Å². The molecule has 0 amide bonds. The lowest BCUT2D eigenvalue weighted by Crippen LogP contribution is -2.20. The Kier molecular flexibility index (Phi) is 6.18. The second-order valence-electron chi connectivity index (χ2n) is 5.82. The molecule has 0 radical (unpaired) electrons. The third kappa shape index (κ3) is 4.47. The zero-order valence-corrected chi connectivity index (χ0v) is 14.1. The topological polar surface area (TPSA) is 68.5 Å². The highest BCUT2D eigenvalue weighted by Crippen LogP contribution is 2.24. The van der Waals surface area contributed by atoms with E-state index in [9.17, 15) is 9.59 Å². The Balaban J connectivity index is 2.28. The number of benzene rings is 1. The second kappa shape index (κ2) is 8.34. The van der Waals surface area contributed by atoms with Crippen molar-refractivity contribution in [3.8, 4) is 5.75 Å². The molecule has 1 atom stereocenters. The fourth-order valence-corrected chi connectivity index (χ4v) is 2.81. The number of carboxylic acids is 1. The van der Waals surface area contributed by atoms with Gasteiger partial charge in [0, 0.05) is 18.3 Å². The minimum atomic E-state index is -0.849. The number of aromatic nitrogens is 1. The van der Waals surface area contributed by atoms with Crippen molar-refractivity contribution in [3.63, 3.8) is 0 Å². The molecule has 5 heteroatoms. The average Bonchev–Trinajstić information content (AvgIpc) is 2.55. The number of carbonyl (C=O) groups is 1. The van der Waals surface area contributed by atoms with E-state index in [1.54, 1.807) is 13.1 Å². The Morgan fingerprint density at radius 2 is 1.96 bits per heavy atom. The quantitative estimate of drug-likeness (QED) is 0.804. The molecule has 1 aromatic heterocycles. The molecular formula is C19H23NO4. The van der Waals surface area contributed by atoms with Gasteiger partial charge in [-0.1, -0.05) is 43.7 Å². The van der Waals surface area contributed by atoms with E-state index < -0.39 is 5.97 Å². The molecule has 128 valence electrons. The van der Waals surface area contributed by atoms with Crippen LogP contribution in [-0.4, -0.2) is 15.6 Å². The SMILES string of the molecule is CCCC(CC(=O)O)n1ccc(=O)c(OCc2ccccc2)c1C. The maximum atomic E-state index is 12.2. The zero-order chi connectivity index (χ0) is 17.5. The van der Waals surface area contributed by atoms with Crippen LogP contribution in [0.2, 0.25) is 0 Å². The number of hydrogen-bond acceptors (Lipinski definition) is 3. The fourth-order valence-electron chi connectivity index (χ4n) is 2.81. The highest BCUT2D eigenvalue weighted by atomic mass is 16.5. The van der Waals surface area contributed by atoms with Crippen LogP contribution in [0.4, 0.5) is 0 Å². The lowest BCUT2D eigenvalue weighted by Gasteiger charge is -2.22.